The van der Waals surface area contributed by atoms with Crippen molar-refractivity contribution in [3.8, 4) is 5.75 Å². The summed E-state index contributed by atoms with van der Waals surface area (Å²) in [5.74, 6) is -1.30. The molecule has 88 valence electrons. The molecule has 1 aromatic rings. The molecule has 0 aliphatic heterocycles. The lowest BCUT2D eigenvalue weighted by atomic mass is 10.1. The molecule has 0 aromatic heterocycles. The van der Waals surface area contributed by atoms with Crippen LogP contribution in [-0.4, -0.2) is 23.7 Å². The summed E-state index contributed by atoms with van der Waals surface area (Å²) in [6, 6.07) is 2.83. The van der Waals surface area contributed by atoms with Gasteiger partial charge in [-0.15, -0.1) is 0 Å². The van der Waals surface area contributed by atoms with Crippen LogP contribution in [0.25, 0.3) is 0 Å². The van der Waals surface area contributed by atoms with Gasteiger partial charge in [0, 0.05) is 12.5 Å². The molecule has 0 saturated heterocycles. The van der Waals surface area contributed by atoms with E-state index >= 15 is 0 Å². The molecule has 16 heavy (non-hydrogen) atoms. The average molecular weight is 227 g/mol. The second-order valence-corrected chi connectivity index (χ2v) is 3.34. The predicted molar refractivity (Wildman–Crippen MR) is 56.4 cm³/mol. The van der Waals surface area contributed by atoms with Crippen LogP contribution in [0.5, 0.6) is 5.75 Å². The summed E-state index contributed by atoms with van der Waals surface area (Å²) in [6.07, 6.45) is 0.0466. The van der Waals surface area contributed by atoms with Gasteiger partial charge in [-0.2, -0.15) is 0 Å². The molecular weight excluding hydrogens is 213 g/mol. The highest BCUT2D eigenvalue weighted by Crippen LogP contribution is 2.16. The van der Waals surface area contributed by atoms with E-state index in [1.165, 1.54) is 12.1 Å². The van der Waals surface area contributed by atoms with Crippen molar-refractivity contribution in [3.05, 3.63) is 29.6 Å². The maximum absolute atomic E-state index is 13.3. The SMILES string of the molecule is CCOC(=O)[C@@H](N)Cc1ccc(O)cc1F. The van der Waals surface area contributed by atoms with Gasteiger partial charge in [-0.3, -0.25) is 4.79 Å². The lowest BCUT2D eigenvalue weighted by Crippen LogP contribution is -2.34. The Kier molecular flexibility index (Phi) is 4.25. The molecule has 0 unspecified atom stereocenters. The molecule has 0 amide bonds. The van der Waals surface area contributed by atoms with Crippen LogP contribution in [0.1, 0.15) is 12.5 Å². The summed E-state index contributed by atoms with van der Waals surface area (Å²) in [5.41, 5.74) is 5.81. The topological polar surface area (TPSA) is 72.5 Å². The van der Waals surface area contributed by atoms with Crippen LogP contribution < -0.4 is 5.73 Å². The first-order chi connectivity index (χ1) is 7.54. The Morgan fingerprint density at radius 2 is 2.31 bits per heavy atom. The summed E-state index contributed by atoms with van der Waals surface area (Å²) < 4.78 is 18.0. The molecule has 1 atom stereocenters. The number of halogens is 1. The number of hydrogen-bond donors (Lipinski definition) is 2. The minimum absolute atomic E-state index is 0.0466. The first-order valence-corrected chi connectivity index (χ1v) is 4.94. The number of aromatic hydroxyl groups is 1. The quantitative estimate of drug-likeness (QED) is 0.751. The van der Waals surface area contributed by atoms with E-state index in [4.69, 9.17) is 15.6 Å². The van der Waals surface area contributed by atoms with Gasteiger partial charge in [-0.1, -0.05) is 6.07 Å². The fourth-order valence-electron chi connectivity index (χ4n) is 1.27. The summed E-state index contributed by atoms with van der Waals surface area (Å²) in [5, 5.41) is 9.00. The van der Waals surface area contributed by atoms with Crippen molar-refractivity contribution < 1.29 is 19.0 Å². The van der Waals surface area contributed by atoms with Crippen molar-refractivity contribution in [2.45, 2.75) is 19.4 Å². The van der Waals surface area contributed by atoms with Gasteiger partial charge >= 0.3 is 5.97 Å². The van der Waals surface area contributed by atoms with E-state index in [1.807, 2.05) is 0 Å². The Balaban J connectivity index is 2.69. The third-order valence-corrected chi connectivity index (χ3v) is 2.07. The van der Waals surface area contributed by atoms with Gasteiger partial charge in [0.1, 0.15) is 17.6 Å². The lowest BCUT2D eigenvalue weighted by molar-refractivity contribution is -0.144. The minimum Gasteiger partial charge on any atom is -0.508 e. The second-order valence-electron chi connectivity index (χ2n) is 3.34. The van der Waals surface area contributed by atoms with Crippen molar-refractivity contribution >= 4 is 5.97 Å². The summed E-state index contributed by atoms with van der Waals surface area (Å²) in [4.78, 5) is 11.2. The summed E-state index contributed by atoms with van der Waals surface area (Å²) in [7, 11) is 0. The Bertz CT molecular complexity index is 381. The Morgan fingerprint density at radius 1 is 1.62 bits per heavy atom. The van der Waals surface area contributed by atoms with E-state index in [1.54, 1.807) is 6.92 Å². The number of phenols is 1. The largest absolute Gasteiger partial charge is 0.508 e. The van der Waals surface area contributed by atoms with E-state index in [0.29, 0.717) is 0 Å². The maximum Gasteiger partial charge on any atom is 0.323 e. The van der Waals surface area contributed by atoms with Gasteiger partial charge in [-0.25, -0.2) is 4.39 Å². The number of hydrogen-bond acceptors (Lipinski definition) is 4. The minimum atomic E-state index is -0.890. The fraction of sp³-hybridized carbons (Fsp3) is 0.364. The molecular formula is C11H14FNO3. The number of phenolic OH excluding ortho intramolecular Hbond substituents is 1. The molecule has 0 bridgehead atoms. The third-order valence-electron chi connectivity index (χ3n) is 2.07. The molecule has 0 aliphatic carbocycles. The Morgan fingerprint density at radius 3 is 2.88 bits per heavy atom. The van der Waals surface area contributed by atoms with Gasteiger partial charge in [-0.05, 0) is 18.6 Å². The first-order valence-electron chi connectivity index (χ1n) is 4.94. The van der Waals surface area contributed by atoms with Crippen LogP contribution >= 0.6 is 0 Å². The first kappa shape index (κ1) is 12.4. The molecule has 0 fully saturated rings. The average Bonchev–Trinajstić information content (AvgIpc) is 2.22. The van der Waals surface area contributed by atoms with Crippen LogP contribution in [0.4, 0.5) is 4.39 Å². The number of ether oxygens (including phenoxy) is 1. The van der Waals surface area contributed by atoms with Gasteiger partial charge in [0.15, 0.2) is 0 Å². The monoisotopic (exact) mass is 227 g/mol. The number of carbonyl (C=O) groups excluding carboxylic acids is 1. The van der Waals surface area contributed by atoms with Crippen molar-refractivity contribution in [2.24, 2.45) is 5.73 Å². The van der Waals surface area contributed by atoms with E-state index in [-0.39, 0.29) is 24.3 Å². The van der Waals surface area contributed by atoms with Crippen molar-refractivity contribution in [2.75, 3.05) is 6.61 Å². The van der Waals surface area contributed by atoms with Crippen LogP contribution in [0.15, 0.2) is 18.2 Å². The fourth-order valence-corrected chi connectivity index (χ4v) is 1.27. The van der Waals surface area contributed by atoms with E-state index in [9.17, 15) is 9.18 Å². The molecule has 0 radical (unpaired) electrons. The van der Waals surface area contributed by atoms with Crippen molar-refractivity contribution in [3.63, 3.8) is 0 Å². The Hall–Kier alpha value is -1.62. The standard InChI is InChI=1S/C11H14FNO3/c1-2-16-11(15)10(13)5-7-3-4-8(14)6-9(7)12/h3-4,6,10,14H,2,5,13H2,1H3/t10-/m0/s1. The summed E-state index contributed by atoms with van der Waals surface area (Å²) in [6.45, 7) is 1.91. The predicted octanol–water partition coefficient (Wildman–Crippen LogP) is 0.964. The second kappa shape index (κ2) is 5.46. The molecule has 4 nitrogen and oxygen atoms in total. The van der Waals surface area contributed by atoms with E-state index < -0.39 is 17.8 Å². The van der Waals surface area contributed by atoms with Gasteiger partial charge in [0.2, 0.25) is 0 Å². The van der Waals surface area contributed by atoms with Crippen LogP contribution in [0.3, 0.4) is 0 Å². The zero-order valence-electron chi connectivity index (χ0n) is 8.94. The summed E-state index contributed by atoms with van der Waals surface area (Å²) >= 11 is 0. The highest BCUT2D eigenvalue weighted by molar-refractivity contribution is 5.75. The number of esters is 1. The molecule has 0 saturated carbocycles. The zero-order valence-corrected chi connectivity index (χ0v) is 8.94. The molecule has 0 aliphatic rings. The Labute approximate surface area is 92.8 Å². The number of benzene rings is 1. The van der Waals surface area contributed by atoms with Crippen LogP contribution in [-0.2, 0) is 16.0 Å². The van der Waals surface area contributed by atoms with Gasteiger partial charge in [0.05, 0.1) is 6.61 Å². The normalized spacial score (nSPS) is 12.2. The number of rotatable bonds is 4. The molecule has 3 N–H and O–H groups in total. The van der Waals surface area contributed by atoms with Crippen LogP contribution in [0, 0.1) is 5.82 Å². The van der Waals surface area contributed by atoms with Gasteiger partial charge in [0.25, 0.3) is 0 Å². The lowest BCUT2D eigenvalue weighted by Gasteiger charge is -2.11. The molecule has 1 aromatic carbocycles. The third kappa shape index (κ3) is 3.20. The molecule has 1 rings (SSSR count). The number of carbonyl (C=O) groups is 1. The molecule has 5 heteroatoms. The number of nitrogens with two attached hydrogens (primary N) is 1. The molecule has 0 spiro atoms. The highest BCUT2D eigenvalue weighted by atomic mass is 19.1. The maximum atomic E-state index is 13.3. The zero-order chi connectivity index (χ0) is 12.1. The van der Waals surface area contributed by atoms with Crippen molar-refractivity contribution in [1.82, 2.24) is 0 Å². The van der Waals surface area contributed by atoms with Crippen molar-refractivity contribution in [1.29, 1.82) is 0 Å². The molecule has 0 heterocycles. The highest BCUT2D eigenvalue weighted by Gasteiger charge is 2.17. The smallest absolute Gasteiger partial charge is 0.323 e. The van der Waals surface area contributed by atoms with E-state index in [2.05, 4.69) is 0 Å². The van der Waals surface area contributed by atoms with Crippen LogP contribution in [0.2, 0.25) is 0 Å². The van der Waals surface area contributed by atoms with E-state index in [0.717, 1.165) is 6.07 Å². The van der Waals surface area contributed by atoms with Gasteiger partial charge < -0.3 is 15.6 Å².